The van der Waals surface area contributed by atoms with E-state index in [0.29, 0.717) is 0 Å². The van der Waals surface area contributed by atoms with Gasteiger partial charge in [0.1, 0.15) is 6.04 Å². The zero-order valence-electron chi connectivity index (χ0n) is 9.96. The summed E-state index contributed by atoms with van der Waals surface area (Å²) in [5, 5.41) is 28.1. The van der Waals surface area contributed by atoms with Gasteiger partial charge in [0, 0.05) is 22.9 Å². The van der Waals surface area contributed by atoms with Gasteiger partial charge in [0.25, 0.3) is 0 Å². The van der Waals surface area contributed by atoms with Crippen LogP contribution in [0.5, 0.6) is 11.5 Å². The number of phenolic OH excluding ortho intramolecular Hbond substituents is 2. The summed E-state index contributed by atoms with van der Waals surface area (Å²) in [7, 11) is 0. The van der Waals surface area contributed by atoms with Gasteiger partial charge in [-0.15, -0.1) is 0 Å². The average Bonchev–Trinajstić information content (AvgIpc) is 2.23. The van der Waals surface area contributed by atoms with Crippen molar-refractivity contribution >= 4 is 23.8 Å². The standard InChI is InChI=1S/C12H14ClNO4/c1-6(2)10(12(17)18)14-5-7-3-8(13)4-9(15)11(7)16/h3-6,10,15-16H,1-2H3,(H,17,18). The molecule has 1 atom stereocenters. The quantitative estimate of drug-likeness (QED) is 0.579. The van der Waals surface area contributed by atoms with E-state index in [4.69, 9.17) is 16.7 Å². The summed E-state index contributed by atoms with van der Waals surface area (Å²) in [5.41, 5.74) is 0.173. The summed E-state index contributed by atoms with van der Waals surface area (Å²) in [4.78, 5) is 14.8. The lowest BCUT2D eigenvalue weighted by Crippen LogP contribution is -2.24. The molecule has 0 heterocycles. The van der Waals surface area contributed by atoms with E-state index in [1.54, 1.807) is 13.8 Å². The predicted molar refractivity (Wildman–Crippen MR) is 68.6 cm³/mol. The number of carboxylic acid groups (broad SMARTS) is 1. The molecule has 0 aliphatic carbocycles. The molecule has 5 nitrogen and oxygen atoms in total. The minimum Gasteiger partial charge on any atom is -0.504 e. The molecule has 1 unspecified atom stereocenters. The summed E-state index contributed by atoms with van der Waals surface area (Å²) in [6.45, 7) is 3.46. The molecular formula is C12H14ClNO4. The number of benzene rings is 1. The number of aliphatic imine (C=N–C) groups is 1. The average molecular weight is 272 g/mol. The highest BCUT2D eigenvalue weighted by molar-refractivity contribution is 6.31. The first-order valence-corrected chi connectivity index (χ1v) is 5.68. The smallest absolute Gasteiger partial charge is 0.328 e. The molecule has 1 rings (SSSR count). The van der Waals surface area contributed by atoms with Crippen LogP contribution in [0, 0.1) is 5.92 Å². The van der Waals surface area contributed by atoms with Crippen molar-refractivity contribution in [2.75, 3.05) is 0 Å². The van der Waals surface area contributed by atoms with E-state index >= 15 is 0 Å². The molecule has 0 radical (unpaired) electrons. The van der Waals surface area contributed by atoms with E-state index in [0.717, 1.165) is 0 Å². The van der Waals surface area contributed by atoms with Gasteiger partial charge < -0.3 is 15.3 Å². The largest absolute Gasteiger partial charge is 0.504 e. The molecular weight excluding hydrogens is 258 g/mol. The SMILES string of the molecule is CC(C)C(N=Cc1cc(Cl)cc(O)c1O)C(=O)O. The maximum atomic E-state index is 10.9. The second-order valence-electron chi connectivity index (χ2n) is 4.17. The molecule has 18 heavy (non-hydrogen) atoms. The topological polar surface area (TPSA) is 90.1 Å². The number of nitrogens with zero attached hydrogens (tertiary/aromatic N) is 1. The van der Waals surface area contributed by atoms with Crippen LogP contribution in [-0.2, 0) is 4.79 Å². The second kappa shape index (κ2) is 5.73. The van der Waals surface area contributed by atoms with Crippen LogP contribution in [-0.4, -0.2) is 33.5 Å². The summed E-state index contributed by atoms with van der Waals surface area (Å²) >= 11 is 5.71. The molecule has 0 aliphatic rings. The van der Waals surface area contributed by atoms with Crippen molar-refractivity contribution in [3.05, 3.63) is 22.7 Å². The summed E-state index contributed by atoms with van der Waals surface area (Å²) in [6, 6.07) is 1.66. The van der Waals surface area contributed by atoms with E-state index in [2.05, 4.69) is 4.99 Å². The zero-order valence-corrected chi connectivity index (χ0v) is 10.7. The number of rotatable bonds is 4. The van der Waals surface area contributed by atoms with Crippen LogP contribution in [0.1, 0.15) is 19.4 Å². The highest BCUT2D eigenvalue weighted by Crippen LogP contribution is 2.31. The van der Waals surface area contributed by atoms with Crippen molar-refractivity contribution in [2.45, 2.75) is 19.9 Å². The molecule has 3 N–H and O–H groups in total. The van der Waals surface area contributed by atoms with Gasteiger partial charge in [-0.05, 0) is 12.0 Å². The first kappa shape index (κ1) is 14.3. The Kier molecular flexibility index (Phi) is 4.55. The number of hydrogen-bond acceptors (Lipinski definition) is 4. The van der Waals surface area contributed by atoms with Gasteiger partial charge in [-0.1, -0.05) is 25.4 Å². The van der Waals surface area contributed by atoms with E-state index in [1.807, 2.05) is 0 Å². The molecule has 98 valence electrons. The lowest BCUT2D eigenvalue weighted by atomic mass is 10.1. The zero-order chi connectivity index (χ0) is 13.9. The first-order valence-electron chi connectivity index (χ1n) is 5.30. The predicted octanol–water partition coefficient (Wildman–Crippen LogP) is 2.28. The summed E-state index contributed by atoms with van der Waals surface area (Å²) in [6.07, 6.45) is 1.19. The third-order valence-corrected chi connectivity index (χ3v) is 2.56. The normalized spacial score (nSPS) is 13.1. The maximum absolute atomic E-state index is 10.9. The number of carbonyl (C=O) groups is 1. The Bertz CT molecular complexity index is 485. The number of aromatic hydroxyl groups is 2. The molecule has 6 heteroatoms. The van der Waals surface area contributed by atoms with Crippen molar-refractivity contribution in [3.63, 3.8) is 0 Å². The molecule has 0 saturated heterocycles. The molecule has 0 spiro atoms. The van der Waals surface area contributed by atoms with Crippen LogP contribution in [0.3, 0.4) is 0 Å². The number of hydrogen-bond donors (Lipinski definition) is 3. The third kappa shape index (κ3) is 3.37. The van der Waals surface area contributed by atoms with Crippen LogP contribution >= 0.6 is 11.6 Å². The lowest BCUT2D eigenvalue weighted by Gasteiger charge is -2.11. The minimum absolute atomic E-state index is 0.173. The molecule has 0 fully saturated rings. The van der Waals surface area contributed by atoms with Crippen molar-refractivity contribution in [1.82, 2.24) is 0 Å². The first-order chi connectivity index (χ1) is 8.32. The Balaban J connectivity index is 3.06. The fourth-order valence-corrected chi connectivity index (χ4v) is 1.61. The Morgan fingerprint density at radius 3 is 2.50 bits per heavy atom. The minimum atomic E-state index is -1.05. The van der Waals surface area contributed by atoms with Crippen molar-refractivity contribution < 1.29 is 20.1 Å². The highest BCUT2D eigenvalue weighted by Gasteiger charge is 2.19. The highest BCUT2D eigenvalue weighted by atomic mass is 35.5. The maximum Gasteiger partial charge on any atom is 0.328 e. The van der Waals surface area contributed by atoms with Crippen molar-refractivity contribution in [3.8, 4) is 11.5 Å². The fourth-order valence-electron chi connectivity index (χ4n) is 1.39. The van der Waals surface area contributed by atoms with Gasteiger partial charge >= 0.3 is 5.97 Å². The van der Waals surface area contributed by atoms with E-state index in [1.165, 1.54) is 18.3 Å². The lowest BCUT2D eigenvalue weighted by molar-refractivity contribution is -0.139. The van der Waals surface area contributed by atoms with Crippen LogP contribution < -0.4 is 0 Å². The van der Waals surface area contributed by atoms with E-state index in [-0.39, 0.29) is 28.0 Å². The van der Waals surface area contributed by atoms with Crippen LogP contribution in [0.15, 0.2) is 17.1 Å². The van der Waals surface area contributed by atoms with E-state index < -0.39 is 12.0 Å². The fraction of sp³-hybridized carbons (Fsp3) is 0.333. The monoisotopic (exact) mass is 271 g/mol. The van der Waals surface area contributed by atoms with Gasteiger partial charge in [-0.25, -0.2) is 4.79 Å². The molecule has 1 aromatic rings. The number of phenols is 2. The van der Waals surface area contributed by atoms with E-state index in [9.17, 15) is 15.0 Å². The Labute approximate surface area is 109 Å². The molecule has 0 amide bonds. The van der Waals surface area contributed by atoms with Gasteiger partial charge in [0.2, 0.25) is 0 Å². The summed E-state index contributed by atoms with van der Waals surface area (Å²) in [5.74, 6) is -1.99. The van der Waals surface area contributed by atoms with Gasteiger partial charge in [0.05, 0.1) is 0 Å². The second-order valence-corrected chi connectivity index (χ2v) is 4.60. The molecule has 0 bridgehead atoms. The van der Waals surface area contributed by atoms with Gasteiger partial charge in [0.15, 0.2) is 11.5 Å². The van der Waals surface area contributed by atoms with Crippen molar-refractivity contribution in [1.29, 1.82) is 0 Å². The Hall–Kier alpha value is -1.75. The number of aliphatic carboxylic acids is 1. The molecule has 1 aromatic carbocycles. The van der Waals surface area contributed by atoms with Crippen LogP contribution in [0.2, 0.25) is 5.02 Å². The molecule has 0 saturated carbocycles. The third-order valence-electron chi connectivity index (χ3n) is 2.34. The molecule has 0 aliphatic heterocycles. The Morgan fingerprint density at radius 2 is 2.00 bits per heavy atom. The number of carboxylic acids is 1. The van der Waals surface area contributed by atoms with Crippen LogP contribution in [0.4, 0.5) is 0 Å². The Morgan fingerprint density at radius 1 is 1.39 bits per heavy atom. The summed E-state index contributed by atoms with van der Waals surface area (Å²) < 4.78 is 0. The number of halogens is 1. The van der Waals surface area contributed by atoms with Crippen molar-refractivity contribution in [2.24, 2.45) is 10.9 Å². The van der Waals surface area contributed by atoms with Gasteiger partial charge in [-0.2, -0.15) is 0 Å². The molecule has 0 aromatic heterocycles. The van der Waals surface area contributed by atoms with Crippen LogP contribution in [0.25, 0.3) is 0 Å². The van der Waals surface area contributed by atoms with Gasteiger partial charge in [-0.3, -0.25) is 4.99 Å².